The van der Waals surface area contributed by atoms with Crippen molar-refractivity contribution in [3.05, 3.63) is 83.4 Å². The van der Waals surface area contributed by atoms with Gasteiger partial charge in [-0.15, -0.1) is 0 Å². The molecule has 3 aromatic carbocycles. The van der Waals surface area contributed by atoms with Gasteiger partial charge >= 0.3 is 0 Å². The molecule has 0 spiro atoms. The van der Waals surface area contributed by atoms with Crippen molar-refractivity contribution in [3.63, 3.8) is 0 Å². The Bertz CT molecular complexity index is 1100. The summed E-state index contributed by atoms with van der Waals surface area (Å²) in [4.78, 5) is 12.4. The maximum atomic E-state index is 12.4. The van der Waals surface area contributed by atoms with Crippen LogP contribution in [0.25, 0.3) is 0 Å². The third-order valence-corrected chi connectivity index (χ3v) is 5.08. The highest BCUT2D eigenvalue weighted by molar-refractivity contribution is 7.89. The molecule has 0 saturated heterocycles. The van der Waals surface area contributed by atoms with E-state index in [0.29, 0.717) is 27.8 Å². The highest BCUT2D eigenvalue weighted by Gasteiger charge is 2.12. The van der Waals surface area contributed by atoms with Crippen LogP contribution in [-0.4, -0.2) is 14.3 Å². The number of anilines is 1. The maximum absolute atomic E-state index is 12.4. The average molecular weight is 417 g/mol. The predicted molar refractivity (Wildman–Crippen MR) is 108 cm³/mol. The molecule has 0 aliphatic rings. The quantitative estimate of drug-likeness (QED) is 0.635. The summed E-state index contributed by atoms with van der Waals surface area (Å²) in [7, 11) is -3.76. The van der Waals surface area contributed by atoms with Gasteiger partial charge in [-0.1, -0.05) is 48.0 Å². The molecule has 1 amide bonds. The second-order valence-corrected chi connectivity index (χ2v) is 7.91. The highest BCUT2D eigenvalue weighted by atomic mass is 35.5. The molecule has 3 N–H and O–H groups in total. The first-order valence-corrected chi connectivity index (χ1v) is 10.2. The monoisotopic (exact) mass is 416 g/mol. The zero-order chi connectivity index (χ0) is 20.1. The lowest BCUT2D eigenvalue weighted by molar-refractivity contribution is -0.115. The van der Waals surface area contributed by atoms with Crippen LogP contribution in [0.15, 0.2) is 77.7 Å². The molecule has 0 aliphatic carbocycles. The van der Waals surface area contributed by atoms with Crippen molar-refractivity contribution in [2.24, 2.45) is 5.14 Å². The van der Waals surface area contributed by atoms with Crippen LogP contribution in [0.2, 0.25) is 5.02 Å². The van der Waals surface area contributed by atoms with E-state index in [1.807, 2.05) is 0 Å². The number of hydrogen-bond donors (Lipinski definition) is 2. The zero-order valence-corrected chi connectivity index (χ0v) is 16.2. The van der Waals surface area contributed by atoms with E-state index in [4.69, 9.17) is 21.5 Å². The number of carbonyl (C=O) groups excluding carboxylic acids is 1. The predicted octanol–water partition coefficient (Wildman–Crippen LogP) is 3.96. The highest BCUT2D eigenvalue weighted by Crippen LogP contribution is 2.33. The molecule has 3 aromatic rings. The summed E-state index contributed by atoms with van der Waals surface area (Å²) in [5, 5.41) is 8.32. The summed E-state index contributed by atoms with van der Waals surface area (Å²) in [5.74, 6) is 0.650. The van der Waals surface area contributed by atoms with Gasteiger partial charge in [0.25, 0.3) is 0 Å². The Labute approximate surface area is 168 Å². The van der Waals surface area contributed by atoms with E-state index in [-0.39, 0.29) is 17.2 Å². The van der Waals surface area contributed by atoms with Crippen LogP contribution in [-0.2, 0) is 21.2 Å². The summed E-state index contributed by atoms with van der Waals surface area (Å²) >= 11 is 6.12. The normalized spacial score (nSPS) is 11.1. The minimum absolute atomic E-state index is 0.00450. The molecule has 8 heteroatoms. The fourth-order valence-corrected chi connectivity index (χ4v) is 3.17. The van der Waals surface area contributed by atoms with Crippen LogP contribution in [0.3, 0.4) is 0 Å². The largest absolute Gasteiger partial charge is 0.454 e. The second-order valence-electron chi connectivity index (χ2n) is 5.94. The number of carbonyl (C=O) groups is 1. The van der Waals surface area contributed by atoms with Crippen molar-refractivity contribution in [1.29, 1.82) is 0 Å². The van der Waals surface area contributed by atoms with Gasteiger partial charge in [0.1, 0.15) is 5.75 Å². The summed E-state index contributed by atoms with van der Waals surface area (Å²) < 4.78 is 28.4. The first kappa shape index (κ1) is 19.9. The molecular formula is C20H17ClN2O4S. The number of para-hydroxylation sites is 3. The van der Waals surface area contributed by atoms with Crippen molar-refractivity contribution in [3.8, 4) is 11.5 Å². The fourth-order valence-electron chi connectivity index (χ4n) is 2.48. The molecule has 3 rings (SSSR count). The number of nitrogens with one attached hydrogen (secondary N) is 1. The van der Waals surface area contributed by atoms with Crippen LogP contribution >= 0.6 is 11.6 Å². The molecule has 0 radical (unpaired) electrons. The lowest BCUT2D eigenvalue weighted by atomic mass is 10.1. The van der Waals surface area contributed by atoms with E-state index < -0.39 is 10.0 Å². The molecule has 0 aromatic heterocycles. The first-order chi connectivity index (χ1) is 13.3. The van der Waals surface area contributed by atoms with Crippen LogP contribution < -0.4 is 15.2 Å². The van der Waals surface area contributed by atoms with Crippen molar-refractivity contribution in [2.45, 2.75) is 11.3 Å². The molecule has 0 atom stereocenters. The minimum atomic E-state index is -3.76. The smallest absolute Gasteiger partial charge is 0.238 e. The van der Waals surface area contributed by atoms with E-state index in [2.05, 4.69) is 5.32 Å². The minimum Gasteiger partial charge on any atom is -0.454 e. The van der Waals surface area contributed by atoms with Crippen molar-refractivity contribution >= 4 is 33.2 Å². The molecular weight excluding hydrogens is 400 g/mol. The van der Waals surface area contributed by atoms with Gasteiger partial charge in [0.2, 0.25) is 15.9 Å². The third kappa shape index (κ3) is 5.10. The van der Waals surface area contributed by atoms with Crippen molar-refractivity contribution < 1.29 is 17.9 Å². The molecule has 0 unspecified atom stereocenters. The van der Waals surface area contributed by atoms with Gasteiger partial charge < -0.3 is 10.1 Å². The summed E-state index contributed by atoms with van der Waals surface area (Å²) in [6.45, 7) is 0. The number of nitrogens with two attached hydrogens (primary N) is 1. The average Bonchev–Trinajstić information content (AvgIpc) is 2.65. The summed E-state index contributed by atoms with van der Waals surface area (Å²) in [6, 6.07) is 19.9. The molecule has 0 heterocycles. The molecule has 0 bridgehead atoms. The van der Waals surface area contributed by atoms with Gasteiger partial charge in [0.05, 0.1) is 22.0 Å². The Morgan fingerprint density at radius 1 is 0.929 bits per heavy atom. The molecule has 0 aliphatic heterocycles. The van der Waals surface area contributed by atoms with Crippen LogP contribution in [0.4, 0.5) is 5.69 Å². The summed E-state index contributed by atoms with van der Waals surface area (Å²) in [6.07, 6.45) is 0.0608. The number of hydrogen-bond acceptors (Lipinski definition) is 4. The molecule has 6 nitrogen and oxygen atoms in total. The van der Waals surface area contributed by atoms with E-state index in [1.165, 1.54) is 12.1 Å². The Kier molecular flexibility index (Phi) is 5.99. The SMILES string of the molecule is NS(=O)(=O)c1ccc(CC(=O)Nc2ccccc2Oc2ccccc2Cl)cc1. The Morgan fingerprint density at radius 2 is 1.54 bits per heavy atom. The van der Waals surface area contributed by atoms with Gasteiger partial charge in [-0.2, -0.15) is 0 Å². The standard InChI is InChI=1S/C20H17ClN2O4S/c21-16-5-1-3-7-18(16)27-19-8-4-2-6-17(19)23-20(24)13-14-9-11-15(12-10-14)28(22,25)26/h1-12H,13H2,(H,23,24)(H2,22,25,26). The molecule has 0 fully saturated rings. The lowest BCUT2D eigenvalue weighted by Crippen LogP contribution is -2.15. The summed E-state index contributed by atoms with van der Waals surface area (Å²) in [5.41, 5.74) is 1.14. The van der Waals surface area contributed by atoms with E-state index in [1.54, 1.807) is 60.7 Å². The number of halogens is 1. The molecule has 144 valence electrons. The Morgan fingerprint density at radius 3 is 2.18 bits per heavy atom. The van der Waals surface area contributed by atoms with Gasteiger partial charge in [0.15, 0.2) is 5.75 Å². The van der Waals surface area contributed by atoms with Crippen molar-refractivity contribution in [1.82, 2.24) is 0 Å². The first-order valence-electron chi connectivity index (χ1n) is 8.26. The topological polar surface area (TPSA) is 98.5 Å². The number of primary sulfonamides is 1. The Balaban J connectivity index is 1.72. The van der Waals surface area contributed by atoms with Gasteiger partial charge in [0, 0.05) is 0 Å². The van der Waals surface area contributed by atoms with Crippen molar-refractivity contribution in [2.75, 3.05) is 5.32 Å². The number of benzene rings is 3. The number of ether oxygens (including phenoxy) is 1. The second kappa shape index (κ2) is 8.43. The van der Waals surface area contributed by atoms with E-state index >= 15 is 0 Å². The molecule has 0 saturated carbocycles. The zero-order valence-electron chi connectivity index (χ0n) is 14.6. The lowest BCUT2D eigenvalue weighted by Gasteiger charge is -2.13. The van der Waals surface area contributed by atoms with E-state index in [0.717, 1.165) is 0 Å². The van der Waals surface area contributed by atoms with Crippen LogP contribution in [0, 0.1) is 0 Å². The van der Waals surface area contributed by atoms with Gasteiger partial charge in [-0.25, -0.2) is 13.6 Å². The number of amides is 1. The van der Waals surface area contributed by atoms with E-state index in [9.17, 15) is 13.2 Å². The fraction of sp³-hybridized carbons (Fsp3) is 0.0500. The van der Waals surface area contributed by atoms with Gasteiger partial charge in [-0.05, 0) is 42.0 Å². The van der Waals surface area contributed by atoms with Crippen LogP contribution in [0.1, 0.15) is 5.56 Å². The number of rotatable bonds is 6. The third-order valence-electron chi connectivity index (χ3n) is 3.83. The van der Waals surface area contributed by atoms with Gasteiger partial charge in [-0.3, -0.25) is 4.79 Å². The molecule has 28 heavy (non-hydrogen) atoms. The van der Waals surface area contributed by atoms with Crippen LogP contribution in [0.5, 0.6) is 11.5 Å². The number of sulfonamides is 1. The maximum Gasteiger partial charge on any atom is 0.238 e. The Hall–Kier alpha value is -2.87.